The molecule has 0 aliphatic rings. The highest BCUT2D eigenvalue weighted by atomic mass is 79.9. The molecule has 2 heterocycles. The fourth-order valence-corrected chi connectivity index (χ4v) is 1.74. The molecule has 0 N–H and O–H groups in total. The van der Waals surface area contributed by atoms with E-state index in [0.29, 0.717) is 0 Å². The average molecular weight is 238 g/mol. The van der Waals surface area contributed by atoms with Crippen LogP contribution in [0.1, 0.15) is 5.69 Å². The number of aromatic nitrogens is 1. The molecule has 2 aromatic rings. The van der Waals surface area contributed by atoms with Crippen molar-refractivity contribution in [3.05, 3.63) is 40.8 Å². The summed E-state index contributed by atoms with van der Waals surface area (Å²) in [5.74, 6) is 0.867. The zero-order valence-electron chi connectivity index (χ0n) is 7.12. The average Bonchev–Trinajstić information content (AvgIpc) is 2.53. The smallest absolute Gasteiger partial charge is 0.134 e. The van der Waals surface area contributed by atoms with E-state index in [1.807, 2.05) is 31.2 Å². The number of hydrogen-bond donors (Lipinski definition) is 0. The molecule has 0 spiro atoms. The Morgan fingerprint density at radius 1 is 1.38 bits per heavy atom. The summed E-state index contributed by atoms with van der Waals surface area (Å²) in [7, 11) is 0. The van der Waals surface area contributed by atoms with Crippen LogP contribution in [0.25, 0.3) is 11.3 Å². The first-order valence-corrected chi connectivity index (χ1v) is 4.73. The molecule has 2 rings (SSSR count). The molecule has 0 saturated heterocycles. The van der Waals surface area contributed by atoms with Gasteiger partial charge in [-0.2, -0.15) is 0 Å². The van der Waals surface area contributed by atoms with E-state index >= 15 is 0 Å². The van der Waals surface area contributed by atoms with Gasteiger partial charge in [-0.3, -0.25) is 0 Å². The second-order valence-electron chi connectivity index (χ2n) is 2.80. The number of rotatable bonds is 1. The normalized spacial score (nSPS) is 10.3. The predicted octanol–water partition coefficient (Wildman–Crippen LogP) is 3.41. The van der Waals surface area contributed by atoms with Crippen LogP contribution in [-0.4, -0.2) is 4.98 Å². The lowest BCUT2D eigenvalue weighted by Crippen LogP contribution is -1.83. The van der Waals surface area contributed by atoms with Crippen LogP contribution in [0.2, 0.25) is 0 Å². The van der Waals surface area contributed by atoms with Crippen LogP contribution >= 0.6 is 15.9 Å². The van der Waals surface area contributed by atoms with E-state index in [1.54, 1.807) is 6.26 Å². The molecule has 2 aromatic heterocycles. The second kappa shape index (κ2) is 3.34. The van der Waals surface area contributed by atoms with Crippen molar-refractivity contribution >= 4 is 15.9 Å². The number of furan rings is 1. The third-order valence-electron chi connectivity index (χ3n) is 1.73. The van der Waals surface area contributed by atoms with Gasteiger partial charge < -0.3 is 4.42 Å². The minimum absolute atomic E-state index is 0.832. The Morgan fingerprint density at radius 3 is 2.85 bits per heavy atom. The Kier molecular flexibility index (Phi) is 2.19. The summed E-state index contributed by atoms with van der Waals surface area (Å²) < 4.78 is 6.11. The SMILES string of the molecule is Cc1cc(-c2ccco2)cc(Br)n1. The molecule has 0 aliphatic heterocycles. The summed E-state index contributed by atoms with van der Waals surface area (Å²) in [5.41, 5.74) is 2.02. The molecular weight excluding hydrogens is 230 g/mol. The van der Waals surface area contributed by atoms with Crippen molar-refractivity contribution in [1.29, 1.82) is 0 Å². The summed E-state index contributed by atoms with van der Waals surface area (Å²) in [6.07, 6.45) is 1.67. The second-order valence-corrected chi connectivity index (χ2v) is 3.61. The maximum absolute atomic E-state index is 5.28. The Balaban J connectivity index is 2.53. The standard InChI is InChI=1S/C10H8BrNO/c1-7-5-8(6-10(11)12-7)9-3-2-4-13-9/h2-6H,1H3. The van der Waals surface area contributed by atoms with Gasteiger partial charge in [0, 0.05) is 11.3 Å². The molecule has 0 aromatic carbocycles. The highest BCUT2D eigenvalue weighted by Gasteiger charge is 2.02. The van der Waals surface area contributed by atoms with Crippen molar-refractivity contribution in [1.82, 2.24) is 4.98 Å². The first-order chi connectivity index (χ1) is 6.25. The first kappa shape index (κ1) is 8.51. The maximum Gasteiger partial charge on any atom is 0.134 e. The molecule has 0 atom stereocenters. The van der Waals surface area contributed by atoms with E-state index in [1.165, 1.54) is 0 Å². The Bertz CT molecular complexity index is 389. The maximum atomic E-state index is 5.28. The molecule has 0 bridgehead atoms. The van der Waals surface area contributed by atoms with E-state index in [-0.39, 0.29) is 0 Å². The van der Waals surface area contributed by atoms with Crippen molar-refractivity contribution in [3.8, 4) is 11.3 Å². The molecule has 0 unspecified atom stereocenters. The topological polar surface area (TPSA) is 26.0 Å². The molecule has 0 saturated carbocycles. The van der Waals surface area contributed by atoms with Gasteiger partial charge in [0.1, 0.15) is 10.4 Å². The lowest BCUT2D eigenvalue weighted by Gasteiger charge is -1.99. The molecule has 66 valence electrons. The van der Waals surface area contributed by atoms with Crippen molar-refractivity contribution < 1.29 is 4.42 Å². The Labute approximate surface area is 84.7 Å². The van der Waals surface area contributed by atoms with Crippen molar-refractivity contribution in [2.24, 2.45) is 0 Å². The molecule has 0 radical (unpaired) electrons. The van der Waals surface area contributed by atoms with Gasteiger partial charge in [-0.1, -0.05) is 0 Å². The van der Waals surface area contributed by atoms with E-state index < -0.39 is 0 Å². The zero-order chi connectivity index (χ0) is 9.26. The van der Waals surface area contributed by atoms with Gasteiger partial charge in [-0.15, -0.1) is 0 Å². The Morgan fingerprint density at radius 2 is 2.23 bits per heavy atom. The van der Waals surface area contributed by atoms with Gasteiger partial charge in [0.2, 0.25) is 0 Å². The van der Waals surface area contributed by atoms with Crippen molar-refractivity contribution in [2.45, 2.75) is 6.92 Å². The summed E-state index contributed by atoms with van der Waals surface area (Å²) in [6, 6.07) is 7.73. The largest absolute Gasteiger partial charge is 0.464 e. The summed E-state index contributed by atoms with van der Waals surface area (Å²) in [4.78, 5) is 4.22. The van der Waals surface area contributed by atoms with Gasteiger partial charge in [0.05, 0.1) is 6.26 Å². The quantitative estimate of drug-likeness (QED) is 0.711. The fourth-order valence-electron chi connectivity index (χ4n) is 1.21. The summed E-state index contributed by atoms with van der Waals surface area (Å²) in [5, 5.41) is 0. The number of hydrogen-bond acceptors (Lipinski definition) is 2. The molecular formula is C10H8BrNO. The van der Waals surface area contributed by atoms with Gasteiger partial charge in [0.25, 0.3) is 0 Å². The van der Waals surface area contributed by atoms with E-state index in [2.05, 4.69) is 20.9 Å². The van der Waals surface area contributed by atoms with Crippen LogP contribution in [0.5, 0.6) is 0 Å². The predicted molar refractivity (Wildman–Crippen MR) is 54.4 cm³/mol. The number of aryl methyl sites for hydroxylation is 1. The van der Waals surface area contributed by atoms with Gasteiger partial charge >= 0.3 is 0 Å². The van der Waals surface area contributed by atoms with Crippen LogP contribution in [0, 0.1) is 6.92 Å². The lowest BCUT2D eigenvalue weighted by molar-refractivity contribution is 0.582. The third-order valence-corrected chi connectivity index (χ3v) is 2.13. The van der Waals surface area contributed by atoms with Crippen molar-refractivity contribution in [3.63, 3.8) is 0 Å². The lowest BCUT2D eigenvalue weighted by atomic mass is 10.2. The third kappa shape index (κ3) is 1.80. The summed E-state index contributed by atoms with van der Waals surface area (Å²) >= 11 is 3.35. The Hall–Kier alpha value is -1.09. The van der Waals surface area contributed by atoms with Crippen molar-refractivity contribution in [2.75, 3.05) is 0 Å². The first-order valence-electron chi connectivity index (χ1n) is 3.94. The monoisotopic (exact) mass is 237 g/mol. The van der Waals surface area contributed by atoms with Gasteiger partial charge in [0.15, 0.2) is 0 Å². The molecule has 3 heteroatoms. The van der Waals surface area contributed by atoms with E-state index in [9.17, 15) is 0 Å². The minimum atomic E-state index is 0.832. The fraction of sp³-hybridized carbons (Fsp3) is 0.100. The number of halogens is 1. The highest BCUT2D eigenvalue weighted by Crippen LogP contribution is 2.22. The number of pyridine rings is 1. The molecule has 13 heavy (non-hydrogen) atoms. The van der Waals surface area contributed by atoms with E-state index in [4.69, 9.17) is 4.42 Å². The molecule has 0 fully saturated rings. The van der Waals surface area contributed by atoms with Crippen LogP contribution in [0.4, 0.5) is 0 Å². The zero-order valence-corrected chi connectivity index (χ0v) is 8.71. The molecule has 0 aliphatic carbocycles. The highest BCUT2D eigenvalue weighted by molar-refractivity contribution is 9.10. The number of nitrogens with zero attached hydrogens (tertiary/aromatic N) is 1. The van der Waals surface area contributed by atoms with Gasteiger partial charge in [-0.05, 0) is 47.1 Å². The van der Waals surface area contributed by atoms with Crippen LogP contribution in [0.15, 0.2) is 39.5 Å². The summed E-state index contributed by atoms with van der Waals surface area (Å²) in [6.45, 7) is 1.96. The van der Waals surface area contributed by atoms with Crippen LogP contribution in [0.3, 0.4) is 0 Å². The van der Waals surface area contributed by atoms with Gasteiger partial charge in [-0.25, -0.2) is 4.98 Å². The van der Waals surface area contributed by atoms with Crippen LogP contribution < -0.4 is 0 Å². The minimum Gasteiger partial charge on any atom is -0.464 e. The van der Waals surface area contributed by atoms with Crippen LogP contribution in [-0.2, 0) is 0 Å². The van der Waals surface area contributed by atoms with E-state index in [0.717, 1.165) is 21.6 Å². The molecule has 2 nitrogen and oxygen atoms in total. The molecule has 0 amide bonds.